The van der Waals surface area contributed by atoms with Crippen molar-refractivity contribution < 1.29 is 14.4 Å². The Bertz CT molecular complexity index is 1180. The van der Waals surface area contributed by atoms with Gasteiger partial charge in [-0.15, -0.1) is 0 Å². The van der Waals surface area contributed by atoms with Crippen LogP contribution >= 0.6 is 0 Å². The van der Waals surface area contributed by atoms with Crippen LogP contribution in [0.5, 0.6) is 0 Å². The maximum absolute atomic E-state index is 13.1. The number of benzene rings is 3. The number of imide groups is 1. The fraction of sp³-hybridized carbons (Fsp3) is 0.321. The van der Waals surface area contributed by atoms with E-state index in [0.717, 1.165) is 43.4 Å². The molecule has 3 amide bonds. The lowest BCUT2D eigenvalue weighted by Crippen LogP contribution is -2.52. The monoisotopic (exact) mass is 470 g/mol. The molecule has 0 unspecified atom stereocenters. The molecular weight excluding hydrogens is 440 g/mol. The van der Waals surface area contributed by atoms with Crippen molar-refractivity contribution in [2.24, 2.45) is 0 Å². The standard InChI is InChI=1S/C28H30N4O3/c33-25(29-13-12-21-6-2-1-3-7-21)20-31-16-14-30(15-17-31)18-19-32-27(34)23-10-4-8-22-9-5-11-24(26(22)23)28(32)35/h1-11H,12-20H2,(H,29,33). The van der Waals surface area contributed by atoms with Gasteiger partial charge in [0.1, 0.15) is 0 Å². The number of hydrogen-bond acceptors (Lipinski definition) is 5. The molecule has 7 nitrogen and oxygen atoms in total. The third kappa shape index (κ3) is 5.11. The molecule has 0 saturated carbocycles. The topological polar surface area (TPSA) is 73.0 Å². The first-order valence-corrected chi connectivity index (χ1v) is 12.2. The minimum absolute atomic E-state index is 0.0479. The van der Waals surface area contributed by atoms with E-state index in [1.165, 1.54) is 10.5 Å². The summed E-state index contributed by atoms with van der Waals surface area (Å²) in [7, 11) is 0. The minimum Gasteiger partial charge on any atom is -0.355 e. The van der Waals surface area contributed by atoms with E-state index in [4.69, 9.17) is 0 Å². The Morgan fingerprint density at radius 2 is 1.37 bits per heavy atom. The van der Waals surface area contributed by atoms with Crippen LogP contribution in [0.15, 0.2) is 66.7 Å². The zero-order chi connectivity index (χ0) is 24.2. The quantitative estimate of drug-likeness (QED) is 0.512. The van der Waals surface area contributed by atoms with Gasteiger partial charge in [0, 0.05) is 62.3 Å². The van der Waals surface area contributed by atoms with Crippen LogP contribution in [-0.4, -0.2) is 84.8 Å². The molecule has 2 aliphatic heterocycles. The van der Waals surface area contributed by atoms with E-state index >= 15 is 0 Å². The second-order valence-electron chi connectivity index (χ2n) is 9.17. The number of hydrogen-bond donors (Lipinski definition) is 1. The van der Waals surface area contributed by atoms with E-state index in [-0.39, 0.29) is 17.7 Å². The van der Waals surface area contributed by atoms with Gasteiger partial charge in [-0.3, -0.25) is 29.1 Å². The maximum atomic E-state index is 13.1. The molecule has 1 fully saturated rings. The highest BCUT2D eigenvalue weighted by Crippen LogP contribution is 2.29. The van der Waals surface area contributed by atoms with Crippen molar-refractivity contribution in [3.8, 4) is 0 Å². The van der Waals surface area contributed by atoms with Crippen LogP contribution in [0.25, 0.3) is 10.8 Å². The van der Waals surface area contributed by atoms with Gasteiger partial charge in [-0.25, -0.2) is 0 Å². The number of nitrogens with one attached hydrogen (secondary N) is 1. The molecule has 7 heteroatoms. The molecule has 3 aromatic rings. The average Bonchev–Trinajstić information content (AvgIpc) is 2.88. The van der Waals surface area contributed by atoms with Crippen molar-refractivity contribution in [1.82, 2.24) is 20.0 Å². The van der Waals surface area contributed by atoms with Gasteiger partial charge in [-0.05, 0) is 29.5 Å². The molecule has 0 bridgehead atoms. The first-order valence-electron chi connectivity index (χ1n) is 12.2. The molecule has 1 N–H and O–H groups in total. The summed E-state index contributed by atoms with van der Waals surface area (Å²) in [5.41, 5.74) is 2.41. The van der Waals surface area contributed by atoms with E-state index in [9.17, 15) is 14.4 Å². The third-order valence-corrected chi connectivity index (χ3v) is 6.91. The van der Waals surface area contributed by atoms with Crippen LogP contribution < -0.4 is 5.32 Å². The normalized spacial score (nSPS) is 16.6. The number of nitrogens with zero attached hydrogens (tertiary/aromatic N) is 3. The second kappa shape index (κ2) is 10.4. The third-order valence-electron chi connectivity index (χ3n) is 6.91. The van der Waals surface area contributed by atoms with E-state index in [1.807, 2.05) is 42.5 Å². The van der Waals surface area contributed by atoms with Crippen molar-refractivity contribution in [1.29, 1.82) is 0 Å². The fourth-order valence-corrected chi connectivity index (χ4v) is 4.95. The molecule has 0 spiro atoms. The zero-order valence-corrected chi connectivity index (χ0v) is 19.8. The number of rotatable bonds is 8. The highest BCUT2D eigenvalue weighted by Gasteiger charge is 2.32. The maximum Gasteiger partial charge on any atom is 0.261 e. The number of carbonyl (C=O) groups is 3. The van der Waals surface area contributed by atoms with E-state index < -0.39 is 0 Å². The Morgan fingerprint density at radius 3 is 2.03 bits per heavy atom. The largest absolute Gasteiger partial charge is 0.355 e. The summed E-state index contributed by atoms with van der Waals surface area (Å²) < 4.78 is 0. The van der Waals surface area contributed by atoms with Crippen LogP contribution in [-0.2, 0) is 11.2 Å². The summed E-state index contributed by atoms with van der Waals surface area (Å²) in [6, 6.07) is 21.3. The van der Waals surface area contributed by atoms with Crippen LogP contribution in [0.2, 0.25) is 0 Å². The number of carbonyl (C=O) groups excluding carboxylic acids is 3. The lowest BCUT2D eigenvalue weighted by molar-refractivity contribution is -0.122. The fourth-order valence-electron chi connectivity index (χ4n) is 4.95. The van der Waals surface area contributed by atoms with Crippen molar-refractivity contribution in [2.75, 3.05) is 52.4 Å². The first kappa shape index (κ1) is 23.2. The molecule has 35 heavy (non-hydrogen) atoms. The molecule has 3 aromatic carbocycles. The van der Waals surface area contributed by atoms with Crippen molar-refractivity contribution >= 4 is 28.5 Å². The molecule has 180 valence electrons. The Labute approximate surface area is 205 Å². The van der Waals surface area contributed by atoms with Gasteiger partial charge in [0.2, 0.25) is 5.91 Å². The van der Waals surface area contributed by atoms with Gasteiger partial charge < -0.3 is 5.32 Å². The summed E-state index contributed by atoms with van der Waals surface area (Å²) in [5.74, 6) is -0.387. The summed E-state index contributed by atoms with van der Waals surface area (Å²) in [5, 5.41) is 4.69. The van der Waals surface area contributed by atoms with Gasteiger partial charge in [0.25, 0.3) is 11.8 Å². The number of amides is 3. The molecule has 1 saturated heterocycles. The smallest absolute Gasteiger partial charge is 0.261 e. The average molecular weight is 471 g/mol. The second-order valence-corrected chi connectivity index (χ2v) is 9.17. The summed E-state index contributed by atoms with van der Waals surface area (Å²) in [6.45, 7) is 5.21. The molecular formula is C28H30N4O3. The minimum atomic E-state index is -0.217. The van der Waals surface area contributed by atoms with Gasteiger partial charge in [-0.1, -0.05) is 54.6 Å². The Hall–Kier alpha value is -3.55. The molecule has 2 heterocycles. The Morgan fingerprint density at radius 1 is 0.743 bits per heavy atom. The van der Waals surface area contributed by atoms with Crippen LogP contribution in [0.3, 0.4) is 0 Å². The molecule has 2 aliphatic rings. The van der Waals surface area contributed by atoms with E-state index in [1.54, 1.807) is 12.1 Å². The van der Waals surface area contributed by atoms with Gasteiger partial charge in [0.05, 0.1) is 6.54 Å². The molecule has 0 aliphatic carbocycles. The summed E-state index contributed by atoms with van der Waals surface area (Å²) in [6.07, 6.45) is 0.827. The predicted molar refractivity (Wildman–Crippen MR) is 135 cm³/mol. The molecule has 0 aromatic heterocycles. The first-order chi connectivity index (χ1) is 17.1. The Balaban J connectivity index is 1.08. The predicted octanol–water partition coefficient (Wildman–Crippen LogP) is 2.41. The van der Waals surface area contributed by atoms with Crippen molar-refractivity contribution in [3.05, 3.63) is 83.4 Å². The zero-order valence-electron chi connectivity index (χ0n) is 19.8. The molecule has 0 atom stereocenters. The lowest BCUT2D eigenvalue weighted by atomic mass is 9.94. The molecule has 5 rings (SSSR count). The summed E-state index contributed by atoms with van der Waals surface area (Å²) in [4.78, 5) is 44.2. The van der Waals surface area contributed by atoms with Gasteiger partial charge in [0.15, 0.2) is 0 Å². The Kier molecular flexibility index (Phi) is 6.88. The van der Waals surface area contributed by atoms with Gasteiger partial charge in [-0.2, -0.15) is 0 Å². The van der Waals surface area contributed by atoms with Crippen molar-refractivity contribution in [2.45, 2.75) is 6.42 Å². The highest BCUT2D eigenvalue weighted by molar-refractivity contribution is 6.25. The SMILES string of the molecule is O=C(CN1CCN(CCN2C(=O)c3cccc4cccc(c34)C2=O)CC1)NCCc1ccccc1. The van der Waals surface area contributed by atoms with Crippen molar-refractivity contribution in [3.63, 3.8) is 0 Å². The van der Waals surface area contributed by atoms with Crippen LogP contribution in [0, 0.1) is 0 Å². The van der Waals surface area contributed by atoms with Crippen LogP contribution in [0.1, 0.15) is 26.3 Å². The number of piperazine rings is 1. The van der Waals surface area contributed by atoms with Gasteiger partial charge >= 0.3 is 0 Å². The highest BCUT2D eigenvalue weighted by atomic mass is 16.2. The van der Waals surface area contributed by atoms with E-state index in [2.05, 4.69) is 27.2 Å². The molecule has 0 radical (unpaired) electrons. The van der Waals surface area contributed by atoms with E-state index in [0.29, 0.717) is 37.3 Å². The summed E-state index contributed by atoms with van der Waals surface area (Å²) >= 11 is 0. The lowest BCUT2D eigenvalue weighted by Gasteiger charge is -2.35. The van der Waals surface area contributed by atoms with Crippen LogP contribution in [0.4, 0.5) is 0 Å².